The van der Waals surface area contributed by atoms with Crippen LogP contribution >= 0.6 is 0 Å². The Bertz CT molecular complexity index is 827. The van der Waals surface area contributed by atoms with Gasteiger partial charge in [-0.3, -0.25) is 0 Å². The van der Waals surface area contributed by atoms with Crippen molar-refractivity contribution in [3.63, 3.8) is 0 Å². The first kappa shape index (κ1) is 21.6. The number of unbranched alkanes of at least 4 members (excludes halogenated alkanes) is 2. The number of hydrogen-bond donors (Lipinski definition) is 0. The monoisotopic (exact) mass is 404 g/mol. The van der Waals surface area contributed by atoms with E-state index in [9.17, 15) is 17.6 Å². The Morgan fingerprint density at radius 3 is 2.21 bits per heavy atom. The van der Waals surface area contributed by atoms with Crippen LogP contribution in [0.1, 0.15) is 68.9 Å². The summed E-state index contributed by atoms with van der Waals surface area (Å²) in [5, 5.41) is 0. The van der Waals surface area contributed by atoms with Gasteiger partial charge in [0.25, 0.3) is 6.08 Å². The molecule has 1 aliphatic carbocycles. The van der Waals surface area contributed by atoms with E-state index in [2.05, 4.69) is 6.92 Å². The van der Waals surface area contributed by atoms with Crippen LogP contribution in [0.4, 0.5) is 17.6 Å². The van der Waals surface area contributed by atoms with Crippen LogP contribution in [-0.4, -0.2) is 0 Å². The van der Waals surface area contributed by atoms with E-state index in [0.717, 1.165) is 56.6 Å². The first-order valence-corrected chi connectivity index (χ1v) is 10.6. The van der Waals surface area contributed by atoms with E-state index in [0.29, 0.717) is 23.5 Å². The van der Waals surface area contributed by atoms with Gasteiger partial charge in [0.05, 0.1) is 0 Å². The van der Waals surface area contributed by atoms with Gasteiger partial charge >= 0.3 is 0 Å². The largest absolute Gasteiger partial charge is 0.266 e. The van der Waals surface area contributed by atoms with Crippen molar-refractivity contribution in [1.82, 2.24) is 0 Å². The number of halogens is 4. The fraction of sp³-hybridized carbons (Fsp3) is 0.440. The zero-order valence-electron chi connectivity index (χ0n) is 16.9. The van der Waals surface area contributed by atoms with E-state index >= 15 is 0 Å². The van der Waals surface area contributed by atoms with Crippen LogP contribution in [0.2, 0.25) is 0 Å². The molecule has 2 aromatic carbocycles. The van der Waals surface area contributed by atoms with Crippen LogP contribution in [0.15, 0.2) is 48.6 Å². The molecule has 0 radical (unpaired) electrons. The Hall–Kier alpha value is -2.10. The third kappa shape index (κ3) is 5.49. The predicted octanol–water partition coefficient (Wildman–Crippen LogP) is 8.42. The normalized spacial score (nSPS) is 19.2. The molecule has 2 aromatic rings. The molecule has 1 aliphatic rings. The summed E-state index contributed by atoms with van der Waals surface area (Å²) in [5.41, 5.74) is 2.50. The maximum atomic E-state index is 14.6. The predicted molar refractivity (Wildman–Crippen MR) is 110 cm³/mol. The first-order chi connectivity index (χ1) is 14.0. The van der Waals surface area contributed by atoms with Gasteiger partial charge in [0, 0.05) is 5.56 Å². The van der Waals surface area contributed by atoms with Crippen LogP contribution < -0.4 is 0 Å². The molecule has 0 nitrogen and oxygen atoms in total. The summed E-state index contributed by atoms with van der Waals surface area (Å²) in [6, 6.07) is 10.9. The second-order valence-electron chi connectivity index (χ2n) is 8.05. The molecule has 0 spiro atoms. The van der Waals surface area contributed by atoms with Crippen molar-refractivity contribution in [2.45, 2.75) is 64.2 Å². The summed E-state index contributed by atoms with van der Waals surface area (Å²) in [5.74, 6) is -1.23. The van der Waals surface area contributed by atoms with Gasteiger partial charge < -0.3 is 0 Å². The average molecular weight is 404 g/mol. The summed E-state index contributed by atoms with van der Waals surface area (Å²) in [6.07, 6.45) is 6.17. The van der Waals surface area contributed by atoms with Crippen molar-refractivity contribution in [3.8, 4) is 11.1 Å². The highest BCUT2D eigenvalue weighted by molar-refractivity contribution is 5.65. The molecule has 0 unspecified atom stereocenters. The zero-order chi connectivity index (χ0) is 20.8. The summed E-state index contributed by atoms with van der Waals surface area (Å²) < 4.78 is 53.9. The molecular weight excluding hydrogens is 376 g/mol. The van der Waals surface area contributed by atoms with Crippen molar-refractivity contribution < 1.29 is 17.6 Å². The summed E-state index contributed by atoms with van der Waals surface area (Å²) in [6.45, 7) is 2.08. The molecule has 0 bridgehead atoms. The van der Waals surface area contributed by atoms with Gasteiger partial charge in [0.1, 0.15) is 0 Å². The SMILES string of the molecule is CCCCCc1ccc(-c2ccc(C3CCC(C=C(F)F)CC3)cc2)c(F)c1F. The molecule has 4 heteroatoms. The minimum Gasteiger partial charge on any atom is -0.203 e. The van der Waals surface area contributed by atoms with E-state index in [1.165, 1.54) is 0 Å². The van der Waals surface area contributed by atoms with E-state index in [1.54, 1.807) is 12.1 Å². The first-order valence-electron chi connectivity index (χ1n) is 10.6. The molecular formula is C25H28F4. The molecule has 156 valence electrons. The molecule has 0 N–H and O–H groups in total. The molecule has 0 aliphatic heterocycles. The van der Waals surface area contributed by atoms with Crippen LogP contribution in [-0.2, 0) is 6.42 Å². The van der Waals surface area contributed by atoms with Gasteiger partial charge in [-0.15, -0.1) is 0 Å². The zero-order valence-corrected chi connectivity index (χ0v) is 16.9. The van der Waals surface area contributed by atoms with Crippen molar-refractivity contribution in [3.05, 3.63) is 71.3 Å². The smallest absolute Gasteiger partial charge is 0.203 e. The van der Waals surface area contributed by atoms with Crippen molar-refractivity contribution >= 4 is 0 Å². The maximum Gasteiger partial charge on any atom is 0.266 e. The minimum atomic E-state index is -1.59. The number of rotatable bonds is 7. The summed E-state index contributed by atoms with van der Waals surface area (Å²) >= 11 is 0. The van der Waals surface area contributed by atoms with Crippen molar-refractivity contribution in [1.29, 1.82) is 0 Å². The van der Waals surface area contributed by atoms with E-state index in [4.69, 9.17) is 0 Å². The Kier molecular flexibility index (Phi) is 7.51. The highest BCUT2D eigenvalue weighted by Gasteiger charge is 2.22. The molecule has 1 fully saturated rings. The van der Waals surface area contributed by atoms with Crippen LogP contribution in [0, 0.1) is 17.6 Å². The maximum absolute atomic E-state index is 14.6. The third-order valence-electron chi connectivity index (χ3n) is 6.04. The third-order valence-corrected chi connectivity index (χ3v) is 6.04. The van der Waals surface area contributed by atoms with Crippen molar-refractivity contribution in [2.75, 3.05) is 0 Å². The number of hydrogen-bond acceptors (Lipinski definition) is 0. The van der Waals surface area contributed by atoms with Crippen LogP contribution in [0.25, 0.3) is 11.1 Å². The lowest BCUT2D eigenvalue weighted by Gasteiger charge is -2.27. The fourth-order valence-electron chi connectivity index (χ4n) is 4.30. The average Bonchev–Trinajstić information content (AvgIpc) is 2.72. The van der Waals surface area contributed by atoms with E-state index in [-0.39, 0.29) is 11.5 Å². The molecule has 1 saturated carbocycles. The summed E-state index contributed by atoms with van der Waals surface area (Å²) in [4.78, 5) is 0. The van der Waals surface area contributed by atoms with Gasteiger partial charge in [-0.25, -0.2) is 8.78 Å². The van der Waals surface area contributed by atoms with Gasteiger partial charge in [0.15, 0.2) is 11.6 Å². The summed E-state index contributed by atoms with van der Waals surface area (Å²) in [7, 11) is 0. The van der Waals surface area contributed by atoms with E-state index in [1.807, 2.05) is 24.3 Å². The fourth-order valence-corrected chi connectivity index (χ4v) is 4.30. The molecule has 0 heterocycles. The number of allylic oxidation sites excluding steroid dienone is 1. The Morgan fingerprint density at radius 2 is 1.59 bits per heavy atom. The van der Waals surface area contributed by atoms with Crippen LogP contribution in [0.3, 0.4) is 0 Å². The topological polar surface area (TPSA) is 0 Å². The lowest BCUT2D eigenvalue weighted by molar-refractivity contribution is 0.351. The number of aryl methyl sites for hydroxylation is 1. The molecule has 29 heavy (non-hydrogen) atoms. The van der Waals surface area contributed by atoms with Crippen LogP contribution in [0.5, 0.6) is 0 Å². The van der Waals surface area contributed by atoms with Crippen molar-refractivity contribution in [2.24, 2.45) is 5.92 Å². The van der Waals surface area contributed by atoms with Gasteiger partial charge in [0.2, 0.25) is 0 Å². The lowest BCUT2D eigenvalue weighted by Crippen LogP contribution is -2.11. The van der Waals surface area contributed by atoms with Gasteiger partial charge in [-0.2, -0.15) is 8.78 Å². The van der Waals surface area contributed by atoms with E-state index < -0.39 is 17.7 Å². The Morgan fingerprint density at radius 1 is 0.897 bits per heavy atom. The Balaban J connectivity index is 1.69. The lowest BCUT2D eigenvalue weighted by atomic mass is 9.78. The minimum absolute atomic E-state index is 0.0385. The van der Waals surface area contributed by atoms with Gasteiger partial charge in [-0.1, -0.05) is 56.2 Å². The molecule has 3 rings (SSSR count). The number of benzene rings is 2. The quantitative estimate of drug-likeness (QED) is 0.321. The second-order valence-corrected chi connectivity index (χ2v) is 8.05. The second kappa shape index (κ2) is 10.1. The highest BCUT2D eigenvalue weighted by Crippen LogP contribution is 2.37. The molecule has 0 saturated heterocycles. The standard InChI is InChI=1S/C25H28F4/c1-2-3-4-5-21-14-15-22(25(29)24(21)28)20-12-10-19(11-13-20)18-8-6-17(7-9-18)16-23(26)27/h10-18H,2-9H2,1H3. The Labute approximate surface area is 170 Å². The molecule has 0 amide bonds. The highest BCUT2D eigenvalue weighted by atomic mass is 19.3. The molecule has 0 atom stereocenters. The van der Waals surface area contributed by atoms with Gasteiger partial charge in [-0.05, 0) is 73.1 Å². The molecule has 0 aromatic heterocycles.